The van der Waals surface area contributed by atoms with Gasteiger partial charge >= 0.3 is 0 Å². The van der Waals surface area contributed by atoms with Gasteiger partial charge in [-0.1, -0.05) is 149 Å². The lowest BCUT2D eigenvalue weighted by molar-refractivity contribution is 0.333. The first-order valence-corrected chi connectivity index (χ1v) is 20.1. The van der Waals surface area contributed by atoms with Crippen molar-refractivity contribution in [2.75, 3.05) is 0 Å². The van der Waals surface area contributed by atoms with E-state index in [0.29, 0.717) is 0 Å². The van der Waals surface area contributed by atoms with Crippen molar-refractivity contribution in [3.63, 3.8) is 0 Å². The number of benzene rings is 8. The number of para-hydroxylation sites is 2. The van der Waals surface area contributed by atoms with Crippen LogP contribution in [0.1, 0.15) is 51.7 Å². The molecule has 0 bridgehead atoms. The molecular weight excluding hydrogens is 677 g/mol. The lowest BCUT2D eigenvalue weighted by atomic mass is 9.61. The summed E-state index contributed by atoms with van der Waals surface area (Å²) in [5.41, 5.74) is 15.5. The standard InChI is InChI=1S/C54H44N2/c1-53(2)30-31-54(3,4)52-42(21-13-22-46(52)53)38-15-12-18-40(32-38)56-47-23-11-10-20-43(47)44-27-24-36(33-49(44)56)37-25-28-45-50(34-37)55(39-16-6-5-7-17-39)48-29-26-35-14-8-9-19-41(35)51(45)48/h5-29,32-34H,30-31H2,1-4H3. The maximum absolute atomic E-state index is 2.48. The molecule has 0 N–H and O–H groups in total. The molecule has 0 atom stereocenters. The second-order valence-electron chi connectivity index (χ2n) is 17.2. The molecule has 0 radical (unpaired) electrons. The second kappa shape index (κ2) is 12.1. The van der Waals surface area contributed by atoms with Crippen LogP contribution in [0.2, 0.25) is 0 Å². The van der Waals surface area contributed by atoms with E-state index in [2.05, 4.69) is 207 Å². The first kappa shape index (κ1) is 33.0. The van der Waals surface area contributed by atoms with Crippen LogP contribution in [0.15, 0.2) is 170 Å². The van der Waals surface area contributed by atoms with E-state index in [1.54, 1.807) is 0 Å². The third kappa shape index (κ3) is 4.88. The molecule has 56 heavy (non-hydrogen) atoms. The molecule has 0 unspecified atom stereocenters. The van der Waals surface area contributed by atoms with Gasteiger partial charge in [0.05, 0.1) is 22.1 Å². The summed E-state index contributed by atoms with van der Waals surface area (Å²) >= 11 is 0. The Hall–Kier alpha value is -6.38. The first-order valence-electron chi connectivity index (χ1n) is 20.1. The minimum Gasteiger partial charge on any atom is -0.309 e. The molecule has 0 spiro atoms. The van der Waals surface area contributed by atoms with Crippen molar-refractivity contribution >= 4 is 54.4 Å². The van der Waals surface area contributed by atoms with Crippen molar-refractivity contribution in [2.24, 2.45) is 0 Å². The van der Waals surface area contributed by atoms with Gasteiger partial charge in [0.25, 0.3) is 0 Å². The van der Waals surface area contributed by atoms with E-state index in [-0.39, 0.29) is 10.8 Å². The molecule has 0 saturated carbocycles. The van der Waals surface area contributed by atoms with Crippen LogP contribution in [0.5, 0.6) is 0 Å². The summed E-state index contributed by atoms with van der Waals surface area (Å²) in [6, 6.07) is 63.3. The van der Waals surface area contributed by atoms with Crippen molar-refractivity contribution in [1.82, 2.24) is 9.13 Å². The summed E-state index contributed by atoms with van der Waals surface area (Å²) in [5.74, 6) is 0. The highest BCUT2D eigenvalue weighted by molar-refractivity contribution is 6.22. The number of aromatic nitrogens is 2. The molecule has 1 aliphatic carbocycles. The van der Waals surface area contributed by atoms with Crippen LogP contribution in [-0.2, 0) is 10.8 Å². The van der Waals surface area contributed by atoms with Crippen molar-refractivity contribution < 1.29 is 0 Å². The van der Waals surface area contributed by atoms with E-state index in [1.165, 1.54) is 112 Å². The van der Waals surface area contributed by atoms with Crippen molar-refractivity contribution in [2.45, 2.75) is 51.4 Å². The fraction of sp³-hybridized carbons (Fsp3) is 0.148. The average Bonchev–Trinajstić information content (AvgIpc) is 3.75. The summed E-state index contributed by atoms with van der Waals surface area (Å²) in [7, 11) is 0. The summed E-state index contributed by atoms with van der Waals surface area (Å²) in [6.45, 7) is 9.69. The molecule has 2 heterocycles. The average molecular weight is 721 g/mol. The summed E-state index contributed by atoms with van der Waals surface area (Å²) in [5, 5.41) is 7.65. The van der Waals surface area contributed by atoms with Crippen LogP contribution in [-0.4, -0.2) is 9.13 Å². The maximum atomic E-state index is 2.48. The molecule has 0 aliphatic heterocycles. The van der Waals surface area contributed by atoms with Crippen molar-refractivity contribution in [3.05, 3.63) is 181 Å². The topological polar surface area (TPSA) is 9.86 Å². The van der Waals surface area contributed by atoms with Gasteiger partial charge < -0.3 is 9.13 Å². The first-order chi connectivity index (χ1) is 27.3. The fourth-order valence-electron chi connectivity index (χ4n) is 10.0. The van der Waals surface area contributed by atoms with Crippen molar-refractivity contribution in [3.8, 4) is 33.6 Å². The highest BCUT2D eigenvalue weighted by Gasteiger charge is 2.38. The Morgan fingerprint density at radius 2 is 1.02 bits per heavy atom. The zero-order valence-corrected chi connectivity index (χ0v) is 32.5. The third-order valence-electron chi connectivity index (χ3n) is 12.9. The summed E-state index contributed by atoms with van der Waals surface area (Å²) in [6.07, 6.45) is 2.40. The Morgan fingerprint density at radius 1 is 0.393 bits per heavy atom. The van der Waals surface area contributed by atoms with E-state index < -0.39 is 0 Å². The van der Waals surface area contributed by atoms with E-state index in [9.17, 15) is 0 Å². The quantitative estimate of drug-likeness (QED) is 0.171. The Labute approximate surface area is 328 Å². The van der Waals surface area contributed by atoms with Gasteiger partial charge in [0.2, 0.25) is 0 Å². The predicted molar refractivity (Wildman–Crippen MR) is 239 cm³/mol. The minimum absolute atomic E-state index is 0.111. The molecule has 2 nitrogen and oxygen atoms in total. The van der Waals surface area contributed by atoms with Crippen LogP contribution in [0.4, 0.5) is 0 Å². The predicted octanol–water partition coefficient (Wildman–Crippen LogP) is 14.7. The van der Waals surface area contributed by atoms with Gasteiger partial charge in [0.15, 0.2) is 0 Å². The monoisotopic (exact) mass is 720 g/mol. The van der Waals surface area contributed by atoms with Crippen LogP contribution in [0.3, 0.4) is 0 Å². The number of hydrogen-bond donors (Lipinski definition) is 0. The summed E-state index contributed by atoms with van der Waals surface area (Å²) in [4.78, 5) is 0. The molecule has 2 aromatic heterocycles. The molecule has 2 heteroatoms. The van der Waals surface area contributed by atoms with Gasteiger partial charge in [0, 0.05) is 32.9 Å². The van der Waals surface area contributed by atoms with E-state index in [1.807, 2.05) is 0 Å². The summed E-state index contributed by atoms with van der Waals surface area (Å²) < 4.78 is 4.92. The number of rotatable bonds is 4. The molecule has 11 rings (SSSR count). The van der Waals surface area contributed by atoms with E-state index in [4.69, 9.17) is 0 Å². The molecule has 10 aromatic rings. The zero-order chi connectivity index (χ0) is 37.8. The van der Waals surface area contributed by atoms with Gasteiger partial charge in [-0.25, -0.2) is 0 Å². The molecule has 0 saturated heterocycles. The van der Waals surface area contributed by atoms with Crippen LogP contribution in [0, 0.1) is 0 Å². The molecule has 270 valence electrons. The van der Waals surface area contributed by atoms with Crippen molar-refractivity contribution in [1.29, 1.82) is 0 Å². The molecule has 8 aromatic carbocycles. The minimum atomic E-state index is 0.111. The number of hydrogen-bond acceptors (Lipinski definition) is 0. The smallest absolute Gasteiger partial charge is 0.0547 e. The third-order valence-corrected chi connectivity index (χ3v) is 12.9. The Kier molecular flexibility index (Phi) is 7.11. The highest BCUT2D eigenvalue weighted by atomic mass is 15.0. The number of nitrogens with zero attached hydrogens (tertiary/aromatic N) is 2. The van der Waals surface area contributed by atoms with Crippen LogP contribution < -0.4 is 0 Å². The lowest BCUT2D eigenvalue weighted by Crippen LogP contribution is -2.34. The van der Waals surface area contributed by atoms with E-state index >= 15 is 0 Å². The van der Waals surface area contributed by atoms with Crippen LogP contribution >= 0.6 is 0 Å². The molecular formula is C54H44N2. The van der Waals surface area contributed by atoms with Gasteiger partial charge in [-0.3, -0.25) is 0 Å². The molecule has 1 aliphatic rings. The lowest BCUT2D eigenvalue weighted by Gasteiger charge is -2.43. The Bertz CT molecular complexity index is 3190. The van der Waals surface area contributed by atoms with Crippen LogP contribution in [0.25, 0.3) is 88.0 Å². The van der Waals surface area contributed by atoms with Gasteiger partial charge in [-0.2, -0.15) is 0 Å². The fourth-order valence-corrected chi connectivity index (χ4v) is 10.0. The second-order valence-corrected chi connectivity index (χ2v) is 17.2. The Balaban J connectivity index is 1.12. The largest absolute Gasteiger partial charge is 0.309 e. The number of fused-ring (bicyclic) bond motifs is 9. The van der Waals surface area contributed by atoms with E-state index in [0.717, 1.165) is 0 Å². The van der Waals surface area contributed by atoms with Gasteiger partial charge in [-0.05, 0) is 116 Å². The molecule has 0 fully saturated rings. The SMILES string of the molecule is CC1(C)CCC(C)(C)c2c(-c3cccc(-n4c5ccccc5c5ccc(-c6ccc7c8c9ccccc9ccc8n(-c8ccccc8)c7c6)cc54)c3)cccc21. The molecule has 0 amide bonds. The zero-order valence-electron chi connectivity index (χ0n) is 32.5. The highest BCUT2D eigenvalue weighted by Crippen LogP contribution is 2.50. The maximum Gasteiger partial charge on any atom is 0.0547 e. The Morgan fingerprint density at radius 3 is 1.84 bits per heavy atom. The normalized spacial score (nSPS) is 14.9. The van der Waals surface area contributed by atoms with Gasteiger partial charge in [-0.15, -0.1) is 0 Å². The van der Waals surface area contributed by atoms with Gasteiger partial charge in [0.1, 0.15) is 0 Å².